The van der Waals surface area contributed by atoms with E-state index < -0.39 is 0 Å². The van der Waals surface area contributed by atoms with Gasteiger partial charge >= 0.3 is 5.97 Å². The van der Waals surface area contributed by atoms with Gasteiger partial charge in [-0.1, -0.05) is 19.8 Å². The molecule has 3 heteroatoms. The summed E-state index contributed by atoms with van der Waals surface area (Å²) in [5, 5.41) is 0. The molecule has 1 aliphatic carbocycles. The topological polar surface area (TPSA) is 29.5 Å². The Bertz CT molecular complexity index is 287. The molecule has 2 fully saturated rings. The fourth-order valence-electron chi connectivity index (χ4n) is 3.73. The molecule has 18 heavy (non-hydrogen) atoms. The van der Waals surface area contributed by atoms with Crippen LogP contribution in [0.5, 0.6) is 0 Å². The van der Waals surface area contributed by atoms with Gasteiger partial charge in [-0.2, -0.15) is 0 Å². The van der Waals surface area contributed by atoms with Crippen LogP contribution in [0.2, 0.25) is 0 Å². The molecule has 2 atom stereocenters. The van der Waals surface area contributed by atoms with Crippen LogP contribution in [0.15, 0.2) is 0 Å². The summed E-state index contributed by atoms with van der Waals surface area (Å²) < 4.78 is 4.85. The van der Waals surface area contributed by atoms with Crippen molar-refractivity contribution in [2.75, 3.05) is 20.2 Å². The smallest absolute Gasteiger partial charge is 0.309 e. The largest absolute Gasteiger partial charge is 0.469 e. The molecule has 0 amide bonds. The lowest BCUT2D eigenvalue weighted by atomic mass is 9.76. The van der Waals surface area contributed by atoms with Crippen molar-refractivity contribution in [1.82, 2.24) is 4.90 Å². The molecule has 104 valence electrons. The number of piperidine rings is 1. The highest BCUT2D eigenvalue weighted by Gasteiger charge is 2.39. The van der Waals surface area contributed by atoms with Gasteiger partial charge in [-0.05, 0) is 51.1 Å². The fraction of sp³-hybridized carbons (Fsp3) is 0.933. The van der Waals surface area contributed by atoms with Gasteiger partial charge in [-0.15, -0.1) is 0 Å². The highest BCUT2D eigenvalue weighted by Crippen LogP contribution is 2.46. The van der Waals surface area contributed by atoms with Crippen LogP contribution in [0.25, 0.3) is 0 Å². The molecule has 2 aliphatic rings. The monoisotopic (exact) mass is 253 g/mol. The second-order valence-corrected chi connectivity index (χ2v) is 6.30. The Labute approximate surface area is 111 Å². The Balaban J connectivity index is 1.87. The summed E-state index contributed by atoms with van der Waals surface area (Å²) in [6.07, 6.45) is 8.36. The molecular weight excluding hydrogens is 226 g/mol. The molecule has 0 aromatic rings. The number of ether oxygens (including phenoxy) is 1. The molecule has 1 spiro atoms. The quantitative estimate of drug-likeness (QED) is 0.724. The summed E-state index contributed by atoms with van der Waals surface area (Å²) in [7, 11) is 1.48. The van der Waals surface area contributed by atoms with Crippen LogP contribution < -0.4 is 0 Å². The lowest BCUT2D eigenvalue weighted by Crippen LogP contribution is -2.47. The van der Waals surface area contributed by atoms with Crippen LogP contribution >= 0.6 is 0 Å². The summed E-state index contributed by atoms with van der Waals surface area (Å²) in [6.45, 7) is 6.45. The minimum Gasteiger partial charge on any atom is -0.469 e. The van der Waals surface area contributed by atoms with Crippen LogP contribution in [-0.2, 0) is 9.53 Å². The first-order chi connectivity index (χ1) is 8.58. The second-order valence-electron chi connectivity index (χ2n) is 6.30. The van der Waals surface area contributed by atoms with Crippen molar-refractivity contribution in [3.05, 3.63) is 0 Å². The third-order valence-electron chi connectivity index (χ3n) is 5.40. The van der Waals surface area contributed by atoms with Crippen molar-refractivity contribution in [3.8, 4) is 0 Å². The fourth-order valence-corrected chi connectivity index (χ4v) is 3.73. The predicted octanol–water partition coefficient (Wildman–Crippen LogP) is 2.84. The van der Waals surface area contributed by atoms with Gasteiger partial charge < -0.3 is 4.74 Å². The minimum absolute atomic E-state index is 0.0207. The molecule has 0 bridgehead atoms. The molecule has 1 saturated heterocycles. The van der Waals surface area contributed by atoms with Gasteiger partial charge in [0, 0.05) is 6.04 Å². The van der Waals surface area contributed by atoms with Crippen LogP contribution in [0.3, 0.4) is 0 Å². The predicted molar refractivity (Wildman–Crippen MR) is 72.4 cm³/mol. The Kier molecular flexibility index (Phi) is 4.31. The standard InChI is InChI=1S/C15H27NO2/c1-12(14(17)18-3)13(2)16-10-8-15(9-11-16)6-4-5-7-15/h12-13H,4-11H2,1-3H3. The van der Waals surface area contributed by atoms with Crippen LogP contribution in [0, 0.1) is 11.3 Å². The highest BCUT2D eigenvalue weighted by molar-refractivity contribution is 5.72. The normalized spacial score (nSPS) is 27.1. The number of methoxy groups -OCH3 is 1. The van der Waals surface area contributed by atoms with Gasteiger partial charge in [0.2, 0.25) is 0 Å². The zero-order chi connectivity index (χ0) is 13.2. The third kappa shape index (κ3) is 2.71. The van der Waals surface area contributed by atoms with E-state index in [1.807, 2.05) is 6.92 Å². The van der Waals surface area contributed by atoms with Gasteiger partial charge in [0.25, 0.3) is 0 Å². The molecule has 3 nitrogen and oxygen atoms in total. The third-order valence-corrected chi connectivity index (χ3v) is 5.40. The maximum absolute atomic E-state index is 11.6. The van der Waals surface area contributed by atoms with Gasteiger partial charge in [-0.25, -0.2) is 0 Å². The van der Waals surface area contributed by atoms with E-state index in [1.165, 1.54) is 45.6 Å². The summed E-state index contributed by atoms with van der Waals surface area (Å²) in [6, 6.07) is 0.302. The van der Waals surface area contributed by atoms with Crippen molar-refractivity contribution in [1.29, 1.82) is 0 Å². The van der Waals surface area contributed by atoms with Crippen LogP contribution in [0.4, 0.5) is 0 Å². The first-order valence-corrected chi connectivity index (χ1v) is 7.40. The highest BCUT2D eigenvalue weighted by atomic mass is 16.5. The van der Waals surface area contributed by atoms with E-state index in [1.54, 1.807) is 0 Å². The van der Waals surface area contributed by atoms with Crippen molar-refractivity contribution in [3.63, 3.8) is 0 Å². The second kappa shape index (κ2) is 5.60. The van der Waals surface area contributed by atoms with Gasteiger partial charge in [0.1, 0.15) is 0 Å². The van der Waals surface area contributed by atoms with E-state index in [4.69, 9.17) is 4.74 Å². The van der Waals surface area contributed by atoms with Gasteiger partial charge in [0.05, 0.1) is 13.0 Å². The first kappa shape index (κ1) is 13.9. The van der Waals surface area contributed by atoms with Crippen molar-refractivity contribution in [2.45, 2.75) is 58.4 Å². The van der Waals surface area contributed by atoms with Gasteiger partial charge in [0.15, 0.2) is 0 Å². The lowest BCUT2D eigenvalue weighted by Gasteiger charge is -2.43. The number of nitrogens with zero attached hydrogens (tertiary/aromatic N) is 1. The molecular formula is C15H27NO2. The Morgan fingerprint density at radius 3 is 2.17 bits per heavy atom. The number of hydrogen-bond acceptors (Lipinski definition) is 3. The molecule has 0 aromatic carbocycles. The van der Waals surface area contributed by atoms with Crippen molar-refractivity contribution < 1.29 is 9.53 Å². The zero-order valence-corrected chi connectivity index (χ0v) is 12.1. The first-order valence-electron chi connectivity index (χ1n) is 7.40. The molecule has 1 heterocycles. The minimum atomic E-state index is -0.0800. The average Bonchev–Trinajstić information content (AvgIpc) is 2.85. The Morgan fingerprint density at radius 1 is 1.11 bits per heavy atom. The van der Waals surface area contributed by atoms with E-state index in [2.05, 4.69) is 11.8 Å². The molecule has 0 N–H and O–H groups in total. The molecule has 0 aromatic heterocycles. The maximum atomic E-state index is 11.6. The molecule has 1 saturated carbocycles. The van der Waals surface area contributed by atoms with Crippen molar-refractivity contribution in [2.24, 2.45) is 11.3 Å². The van der Waals surface area contributed by atoms with E-state index in [-0.39, 0.29) is 11.9 Å². The maximum Gasteiger partial charge on any atom is 0.309 e. The number of hydrogen-bond donors (Lipinski definition) is 0. The molecule has 2 unspecified atom stereocenters. The molecule has 1 aliphatic heterocycles. The SMILES string of the molecule is COC(=O)C(C)C(C)N1CCC2(CCCC2)CC1. The van der Waals surface area contributed by atoms with E-state index >= 15 is 0 Å². The number of carbonyl (C=O) groups is 1. The Hall–Kier alpha value is -0.570. The summed E-state index contributed by atoms with van der Waals surface area (Å²) in [5.74, 6) is -0.101. The average molecular weight is 253 g/mol. The summed E-state index contributed by atoms with van der Waals surface area (Å²) in [4.78, 5) is 14.1. The van der Waals surface area contributed by atoms with Crippen LogP contribution in [-0.4, -0.2) is 37.1 Å². The van der Waals surface area contributed by atoms with Gasteiger partial charge in [-0.3, -0.25) is 9.69 Å². The van der Waals surface area contributed by atoms with E-state index in [0.717, 1.165) is 13.1 Å². The Morgan fingerprint density at radius 2 is 1.67 bits per heavy atom. The van der Waals surface area contributed by atoms with E-state index in [0.29, 0.717) is 11.5 Å². The number of esters is 1. The number of rotatable bonds is 3. The lowest BCUT2D eigenvalue weighted by molar-refractivity contribution is -0.147. The number of carbonyl (C=O) groups excluding carboxylic acids is 1. The molecule has 2 rings (SSSR count). The van der Waals surface area contributed by atoms with E-state index in [9.17, 15) is 4.79 Å². The molecule has 0 radical (unpaired) electrons. The zero-order valence-electron chi connectivity index (χ0n) is 12.1. The van der Waals surface area contributed by atoms with Crippen LogP contribution in [0.1, 0.15) is 52.4 Å². The van der Waals surface area contributed by atoms with Crippen molar-refractivity contribution >= 4 is 5.97 Å². The summed E-state index contributed by atoms with van der Waals surface area (Å²) >= 11 is 0. The number of likely N-dealkylation sites (tertiary alicyclic amines) is 1. The summed E-state index contributed by atoms with van der Waals surface area (Å²) in [5.41, 5.74) is 0.657.